The van der Waals surface area contributed by atoms with Gasteiger partial charge in [0.1, 0.15) is 0 Å². The zero-order chi connectivity index (χ0) is 13.1. The van der Waals surface area contributed by atoms with Crippen LogP contribution in [0.4, 0.5) is 0 Å². The summed E-state index contributed by atoms with van der Waals surface area (Å²) in [5.41, 5.74) is 2.41. The van der Waals surface area contributed by atoms with E-state index in [-0.39, 0.29) is 16.5 Å². The molecule has 0 radical (unpaired) electrons. The number of thiol groups is 2. The molecule has 0 N–H and O–H groups in total. The van der Waals surface area contributed by atoms with Gasteiger partial charge in [0.05, 0.1) is 0 Å². The minimum absolute atomic E-state index is 0. The maximum atomic E-state index is 3.99. The molecule has 0 aliphatic carbocycles. The van der Waals surface area contributed by atoms with Gasteiger partial charge < -0.3 is 0 Å². The van der Waals surface area contributed by atoms with Gasteiger partial charge in [-0.25, -0.2) is 0 Å². The summed E-state index contributed by atoms with van der Waals surface area (Å²) in [4.78, 5) is 0. The zero-order valence-electron chi connectivity index (χ0n) is 9.96. The van der Waals surface area contributed by atoms with Gasteiger partial charge in [-0.3, -0.25) is 0 Å². The van der Waals surface area contributed by atoms with Crippen LogP contribution in [0.1, 0.15) is 11.1 Å². The molecule has 0 unspecified atom stereocenters. The van der Waals surface area contributed by atoms with Crippen molar-refractivity contribution in [3.8, 4) is 0 Å². The third-order valence-electron chi connectivity index (χ3n) is 1.98. The van der Waals surface area contributed by atoms with Crippen molar-refractivity contribution in [1.82, 2.24) is 0 Å². The van der Waals surface area contributed by atoms with Gasteiger partial charge in [-0.05, 0) is 0 Å². The minimum atomic E-state index is 0. The third kappa shape index (κ3) is 9.58. The Bertz CT molecular complexity index is 367. The molecule has 0 saturated carbocycles. The van der Waals surface area contributed by atoms with Gasteiger partial charge in [0.15, 0.2) is 0 Å². The largest absolute Gasteiger partial charge is 2.00 e. The fourth-order valence-corrected chi connectivity index (χ4v) is 2.47. The van der Waals surface area contributed by atoms with Gasteiger partial charge >= 0.3 is 16.5 Å². The van der Waals surface area contributed by atoms with Crippen LogP contribution in [0.2, 0.25) is 0 Å². The van der Waals surface area contributed by atoms with E-state index in [9.17, 15) is 0 Å². The van der Waals surface area contributed by atoms with E-state index in [4.69, 9.17) is 0 Å². The molecule has 0 aliphatic rings. The van der Waals surface area contributed by atoms with Crippen molar-refractivity contribution < 1.29 is 16.5 Å². The molecule has 2 rings (SSSR count). The average Bonchev–Trinajstić information content (AvgIpc) is 2.43. The van der Waals surface area contributed by atoms with Crippen LogP contribution in [-0.2, 0) is 16.5 Å². The molecule has 0 fully saturated rings. The van der Waals surface area contributed by atoms with Crippen molar-refractivity contribution >= 4 is 44.9 Å². The molecule has 0 aromatic heterocycles. The SMILES string of the molecule is SS[CH-]c1ccccc1.SS[CH-]c1ccccc1.[Ni+2]. The van der Waals surface area contributed by atoms with Gasteiger partial charge in [-0.15, -0.1) is 80.7 Å². The second kappa shape index (κ2) is 13.1. The molecule has 19 heavy (non-hydrogen) atoms. The summed E-state index contributed by atoms with van der Waals surface area (Å²) in [7, 11) is 2.85. The Morgan fingerprint density at radius 2 is 0.947 bits per heavy atom. The summed E-state index contributed by atoms with van der Waals surface area (Å²) in [6.07, 6.45) is 0. The topological polar surface area (TPSA) is 0 Å². The first kappa shape index (κ1) is 19.1. The van der Waals surface area contributed by atoms with Gasteiger partial charge in [0.25, 0.3) is 0 Å². The molecule has 0 amide bonds. The molecule has 0 atom stereocenters. The second-order valence-corrected chi connectivity index (χ2v) is 5.43. The van der Waals surface area contributed by atoms with E-state index in [1.54, 1.807) is 0 Å². The third-order valence-corrected chi connectivity index (χ3v) is 3.36. The first-order valence-corrected chi connectivity index (χ1v) is 9.10. The molecule has 0 bridgehead atoms. The summed E-state index contributed by atoms with van der Waals surface area (Å²) in [6, 6.07) is 20.2. The molecule has 2 aromatic carbocycles. The molecule has 2 aromatic rings. The molecule has 104 valence electrons. The van der Waals surface area contributed by atoms with Crippen LogP contribution in [0.3, 0.4) is 0 Å². The quantitative estimate of drug-likeness (QED) is 0.314. The fourth-order valence-electron chi connectivity index (χ4n) is 1.18. The minimum Gasteiger partial charge on any atom is -0.181 e. The van der Waals surface area contributed by atoms with E-state index in [0.29, 0.717) is 0 Å². The van der Waals surface area contributed by atoms with Crippen LogP contribution in [0.25, 0.3) is 0 Å². The van der Waals surface area contributed by atoms with Crippen LogP contribution in [0.15, 0.2) is 60.7 Å². The molecule has 5 heteroatoms. The predicted molar refractivity (Wildman–Crippen MR) is 92.8 cm³/mol. The Morgan fingerprint density at radius 1 is 0.632 bits per heavy atom. The maximum absolute atomic E-state index is 3.99. The summed E-state index contributed by atoms with van der Waals surface area (Å²) < 4.78 is 0. The van der Waals surface area contributed by atoms with Crippen LogP contribution in [0.5, 0.6) is 0 Å². The van der Waals surface area contributed by atoms with Gasteiger partial charge in [-0.2, -0.15) is 35.4 Å². The smallest absolute Gasteiger partial charge is 0.181 e. The van der Waals surface area contributed by atoms with Crippen molar-refractivity contribution in [1.29, 1.82) is 0 Å². The van der Waals surface area contributed by atoms with Crippen LogP contribution in [0, 0.1) is 11.5 Å². The van der Waals surface area contributed by atoms with Gasteiger partial charge in [0, 0.05) is 0 Å². The maximum Gasteiger partial charge on any atom is 2.00 e. The van der Waals surface area contributed by atoms with Crippen molar-refractivity contribution in [3.05, 3.63) is 83.3 Å². The number of hydrogen-bond acceptors (Lipinski definition) is 4. The van der Waals surface area contributed by atoms with Crippen molar-refractivity contribution in [2.75, 3.05) is 0 Å². The molecule has 0 saturated heterocycles. The monoisotopic (exact) mass is 368 g/mol. The Labute approximate surface area is 144 Å². The fraction of sp³-hybridized carbons (Fsp3) is 0. The van der Waals surface area contributed by atoms with Crippen molar-refractivity contribution in [2.24, 2.45) is 0 Å². The first-order chi connectivity index (χ1) is 8.86. The normalized spacial score (nSPS) is 8.53. The Morgan fingerprint density at radius 3 is 1.21 bits per heavy atom. The van der Waals surface area contributed by atoms with Gasteiger partial charge in [0.2, 0.25) is 0 Å². The standard InChI is InChI=1S/2C7H7S2.Ni/c2*8-9-6-7-4-2-1-3-5-7;/h2*1-6,8H;/q2*-1;+2. The number of hydrogen-bond donors (Lipinski definition) is 2. The molecule has 0 heterocycles. The molecule has 0 aliphatic heterocycles. The molecule has 0 spiro atoms. The Kier molecular flexibility index (Phi) is 13.1. The van der Waals surface area contributed by atoms with E-state index in [0.717, 1.165) is 0 Å². The molecular weight excluding hydrogens is 355 g/mol. The van der Waals surface area contributed by atoms with Crippen LogP contribution in [-0.4, -0.2) is 0 Å². The summed E-state index contributed by atoms with van der Waals surface area (Å²) >= 11 is 7.99. The van der Waals surface area contributed by atoms with Crippen molar-refractivity contribution in [3.63, 3.8) is 0 Å². The summed E-state index contributed by atoms with van der Waals surface area (Å²) in [5, 5.41) is 0. The summed E-state index contributed by atoms with van der Waals surface area (Å²) in [6.45, 7) is 0. The van der Waals surface area contributed by atoms with E-state index in [2.05, 4.69) is 23.3 Å². The van der Waals surface area contributed by atoms with E-state index in [1.165, 1.54) is 32.7 Å². The van der Waals surface area contributed by atoms with Crippen molar-refractivity contribution in [2.45, 2.75) is 0 Å². The zero-order valence-corrected chi connectivity index (χ0v) is 14.4. The van der Waals surface area contributed by atoms with E-state index < -0.39 is 0 Å². The first-order valence-electron chi connectivity index (χ1n) is 5.24. The van der Waals surface area contributed by atoms with E-state index >= 15 is 0 Å². The van der Waals surface area contributed by atoms with Crippen LogP contribution < -0.4 is 0 Å². The second-order valence-electron chi connectivity index (χ2n) is 3.27. The Balaban J connectivity index is 0.000000324. The number of benzene rings is 2. The number of rotatable bonds is 4. The molecular formula is C14H14NiS4. The Hall–Kier alpha value is 0.0735. The van der Waals surface area contributed by atoms with E-state index in [1.807, 2.05) is 72.2 Å². The average molecular weight is 369 g/mol. The molecule has 0 nitrogen and oxygen atoms in total. The van der Waals surface area contributed by atoms with Crippen LogP contribution >= 0.6 is 44.9 Å². The van der Waals surface area contributed by atoms with Gasteiger partial charge in [-0.1, -0.05) is 12.1 Å². The summed E-state index contributed by atoms with van der Waals surface area (Å²) in [5.74, 6) is 3.98. The predicted octanol–water partition coefficient (Wildman–Crippen LogP) is 5.55.